The van der Waals surface area contributed by atoms with Gasteiger partial charge in [-0.2, -0.15) is 0 Å². The number of hydrogen-bond acceptors (Lipinski definition) is 4. The zero-order valence-corrected chi connectivity index (χ0v) is 14.5. The van der Waals surface area contributed by atoms with Gasteiger partial charge in [0.2, 0.25) is 6.79 Å². The lowest BCUT2D eigenvalue weighted by Crippen LogP contribution is -2.38. The molecular formula is C18H19ClN2O4. The van der Waals surface area contributed by atoms with Gasteiger partial charge in [-0.25, -0.2) is 4.79 Å². The smallest absolute Gasteiger partial charge is 0.315 e. The fourth-order valence-electron chi connectivity index (χ4n) is 2.38. The van der Waals surface area contributed by atoms with Gasteiger partial charge >= 0.3 is 6.03 Å². The predicted octanol–water partition coefficient (Wildman–Crippen LogP) is 3.51. The zero-order valence-electron chi connectivity index (χ0n) is 13.8. The topological polar surface area (TPSA) is 68.8 Å². The van der Waals surface area contributed by atoms with E-state index in [1.807, 2.05) is 25.1 Å². The number of amides is 2. The predicted molar refractivity (Wildman–Crippen MR) is 94.5 cm³/mol. The van der Waals surface area contributed by atoms with Crippen LogP contribution in [0.25, 0.3) is 0 Å². The average molecular weight is 363 g/mol. The molecule has 7 heteroatoms. The number of ether oxygens (including phenoxy) is 3. The molecule has 3 rings (SSSR count). The van der Waals surface area contributed by atoms with Gasteiger partial charge in [-0.15, -0.1) is 0 Å². The maximum atomic E-state index is 12.0. The summed E-state index contributed by atoms with van der Waals surface area (Å²) in [5, 5.41) is 6.29. The summed E-state index contributed by atoms with van der Waals surface area (Å²) in [5.41, 5.74) is 0.941. The molecular weight excluding hydrogens is 344 g/mol. The lowest BCUT2D eigenvalue weighted by Gasteiger charge is -2.15. The Bertz CT molecular complexity index is 736. The lowest BCUT2D eigenvalue weighted by molar-refractivity contribution is 0.174. The van der Waals surface area contributed by atoms with E-state index in [0.717, 1.165) is 11.3 Å². The number of urea groups is 1. The largest absolute Gasteiger partial charge is 0.492 e. The molecule has 0 saturated heterocycles. The summed E-state index contributed by atoms with van der Waals surface area (Å²) in [5.74, 6) is 2.13. The molecule has 0 radical (unpaired) electrons. The standard InChI is InChI=1S/C18H19ClN2O4/c1-12(13-2-7-16-17(10-13)25-11-24-16)21-18(22)20-8-9-23-15-5-3-14(19)4-6-15/h2-7,10,12H,8-9,11H2,1H3,(H2,20,21,22). The van der Waals surface area contributed by atoms with Gasteiger partial charge in [0.05, 0.1) is 12.6 Å². The molecule has 0 aromatic heterocycles. The molecule has 0 bridgehead atoms. The minimum Gasteiger partial charge on any atom is -0.492 e. The molecule has 2 aromatic carbocycles. The fourth-order valence-corrected chi connectivity index (χ4v) is 2.50. The van der Waals surface area contributed by atoms with Crippen LogP contribution in [0.15, 0.2) is 42.5 Å². The monoisotopic (exact) mass is 362 g/mol. The second-order valence-electron chi connectivity index (χ2n) is 5.54. The Morgan fingerprint density at radius 1 is 1.20 bits per heavy atom. The summed E-state index contributed by atoms with van der Waals surface area (Å²) in [6, 6.07) is 12.3. The van der Waals surface area contributed by atoms with Crippen molar-refractivity contribution in [2.75, 3.05) is 19.9 Å². The van der Waals surface area contributed by atoms with Crippen molar-refractivity contribution in [1.82, 2.24) is 10.6 Å². The first-order chi connectivity index (χ1) is 12.1. The van der Waals surface area contributed by atoms with Crippen molar-refractivity contribution in [2.24, 2.45) is 0 Å². The molecule has 1 atom stereocenters. The van der Waals surface area contributed by atoms with E-state index in [2.05, 4.69) is 10.6 Å². The Labute approximate surface area is 151 Å². The van der Waals surface area contributed by atoms with Crippen molar-refractivity contribution in [3.05, 3.63) is 53.1 Å². The first-order valence-corrected chi connectivity index (χ1v) is 8.32. The molecule has 2 aromatic rings. The number of hydrogen-bond donors (Lipinski definition) is 2. The van der Waals surface area contributed by atoms with E-state index in [-0.39, 0.29) is 18.9 Å². The fraction of sp³-hybridized carbons (Fsp3) is 0.278. The molecule has 2 amide bonds. The Morgan fingerprint density at radius 3 is 2.76 bits per heavy atom. The van der Waals surface area contributed by atoms with E-state index in [0.29, 0.717) is 29.7 Å². The van der Waals surface area contributed by atoms with Crippen LogP contribution in [0.3, 0.4) is 0 Å². The second-order valence-corrected chi connectivity index (χ2v) is 5.97. The van der Waals surface area contributed by atoms with Gasteiger partial charge in [0, 0.05) is 5.02 Å². The minimum atomic E-state index is -0.259. The highest BCUT2D eigenvalue weighted by atomic mass is 35.5. The molecule has 0 saturated carbocycles. The molecule has 1 aliphatic heterocycles. The normalized spacial score (nSPS) is 13.2. The van der Waals surface area contributed by atoms with Crippen LogP contribution in [0, 0.1) is 0 Å². The van der Waals surface area contributed by atoms with Crippen LogP contribution >= 0.6 is 11.6 Å². The first-order valence-electron chi connectivity index (χ1n) is 7.94. The van der Waals surface area contributed by atoms with Crippen molar-refractivity contribution in [2.45, 2.75) is 13.0 Å². The van der Waals surface area contributed by atoms with E-state index in [4.69, 9.17) is 25.8 Å². The molecule has 0 spiro atoms. The third kappa shape index (κ3) is 4.70. The molecule has 1 aliphatic rings. The Hall–Kier alpha value is -2.60. The molecule has 132 valence electrons. The zero-order chi connectivity index (χ0) is 17.6. The van der Waals surface area contributed by atoms with E-state index >= 15 is 0 Å². The van der Waals surface area contributed by atoms with E-state index in [9.17, 15) is 4.79 Å². The number of fused-ring (bicyclic) bond motifs is 1. The van der Waals surface area contributed by atoms with Crippen LogP contribution < -0.4 is 24.8 Å². The molecule has 2 N–H and O–H groups in total. The van der Waals surface area contributed by atoms with Crippen molar-refractivity contribution >= 4 is 17.6 Å². The van der Waals surface area contributed by atoms with Gasteiger partial charge in [-0.3, -0.25) is 0 Å². The highest BCUT2D eigenvalue weighted by molar-refractivity contribution is 6.30. The van der Waals surface area contributed by atoms with Gasteiger partial charge in [-0.1, -0.05) is 17.7 Å². The van der Waals surface area contributed by atoms with Crippen LogP contribution in [0.4, 0.5) is 4.79 Å². The number of nitrogens with one attached hydrogen (secondary N) is 2. The number of rotatable bonds is 6. The minimum absolute atomic E-state index is 0.160. The highest BCUT2D eigenvalue weighted by Crippen LogP contribution is 2.34. The van der Waals surface area contributed by atoms with Crippen LogP contribution in [0.1, 0.15) is 18.5 Å². The van der Waals surface area contributed by atoms with Crippen molar-refractivity contribution < 1.29 is 19.0 Å². The van der Waals surface area contributed by atoms with E-state index in [1.54, 1.807) is 24.3 Å². The first kappa shape index (κ1) is 17.2. The third-order valence-corrected chi connectivity index (χ3v) is 3.97. The second kappa shape index (κ2) is 7.98. The van der Waals surface area contributed by atoms with Crippen molar-refractivity contribution in [3.63, 3.8) is 0 Å². The van der Waals surface area contributed by atoms with Gasteiger partial charge < -0.3 is 24.8 Å². The van der Waals surface area contributed by atoms with Crippen molar-refractivity contribution in [3.8, 4) is 17.2 Å². The molecule has 1 heterocycles. The van der Waals surface area contributed by atoms with Crippen LogP contribution in [0.5, 0.6) is 17.2 Å². The molecule has 6 nitrogen and oxygen atoms in total. The Morgan fingerprint density at radius 2 is 1.96 bits per heavy atom. The Balaban J connectivity index is 1.40. The van der Waals surface area contributed by atoms with Crippen molar-refractivity contribution in [1.29, 1.82) is 0 Å². The summed E-state index contributed by atoms with van der Waals surface area (Å²) in [6.07, 6.45) is 0. The molecule has 0 fully saturated rings. The Kier molecular flexibility index (Phi) is 5.50. The summed E-state index contributed by atoms with van der Waals surface area (Å²) in [4.78, 5) is 12.0. The number of carbonyl (C=O) groups is 1. The number of halogens is 1. The highest BCUT2D eigenvalue weighted by Gasteiger charge is 2.16. The lowest BCUT2D eigenvalue weighted by atomic mass is 10.1. The molecule has 25 heavy (non-hydrogen) atoms. The molecule has 0 aliphatic carbocycles. The van der Waals surface area contributed by atoms with Gasteiger partial charge in [-0.05, 0) is 48.9 Å². The summed E-state index contributed by atoms with van der Waals surface area (Å²) < 4.78 is 16.1. The van der Waals surface area contributed by atoms with Crippen LogP contribution in [-0.2, 0) is 0 Å². The van der Waals surface area contributed by atoms with Crippen LogP contribution in [-0.4, -0.2) is 26.0 Å². The van der Waals surface area contributed by atoms with E-state index in [1.165, 1.54) is 0 Å². The third-order valence-electron chi connectivity index (χ3n) is 3.71. The summed E-state index contributed by atoms with van der Waals surface area (Å²) in [7, 11) is 0. The van der Waals surface area contributed by atoms with Gasteiger partial charge in [0.25, 0.3) is 0 Å². The quantitative estimate of drug-likeness (QED) is 0.772. The van der Waals surface area contributed by atoms with Crippen LogP contribution in [0.2, 0.25) is 5.02 Å². The maximum absolute atomic E-state index is 12.0. The van der Waals surface area contributed by atoms with Gasteiger partial charge in [0.15, 0.2) is 11.5 Å². The summed E-state index contributed by atoms with van der Waals surface area (Å²) >= 11 is 5.81. The average Bonchev–Trinajstić information content (AvgIpc) is 3.08. The number of benzene rings is 2. The SMILES string of the molecule is CC(NC(=O)NCCOc1ccc(Cl)cc1)c1ccc2c(c1)OCO2. The summed E-state index contributed by atoms with van der Waals surface area (Å²) in [6.45, 7) is 2.89. The maximum Gasteiger partial charge on any atom is 0.315 e. The molecule has 1 unspecified atom stereocenters. The van der Waals surface area contributed by atoms with Gasteiger partial charge in [0.1, 0.15) is 12.4 Å². The van der Waals surface area contributed by atoms with E-state index < -0.39 is 0 Å². The number of carbonyl (C=O) groups excluding carboxylic acids is 1.